The molecule has 2 amide bonds. The monoisotopic (exact) mass is 384 g/mol. The van der Waals surface area contributed by atoms with Gasteiger partial charge in [-0.25, -0.2) is 4.52 Å². The number of amides is 2. The maximum Gasteiger partial charge on any atom is 0.257 e. The van der Waals surface area contributed by atoms with Crippen LogP contribution in [0.3, 0.4) is 0 Å². The predicted molar refractivity (Wildman–Crippen MR) is 105 cm³/mol. The summed E-state index contributed by atoms with van der Waals surface area (Å²) in [5.74, 6) is 0.706. The van der Waals surface area contributed by atoms with E-state index in [0.717, 1.165) is 37.9 Å². The largest absolute Gasteiger partial charge is 0.378 e. The fraction of sp³-hybridized carbons (Fsp3) is 0.571. The molecule has 4 rings (SSSR count). The summed E-state index contributed by atoms with van der Waals surface area (Å²) in [4.78, 5) is 28.9. The van der Waals surface area contributed by atoms with E-state index in [1.807, 2.05) is 22.9 Å². The molecule has 2 saturated heterocycles. The zero-order valence-corrected chi connectivity index (χ0v) is 16.5. The van der Waals surface area contributed by atoms with E-state index in [-0.39, 0.29) is 11.8 Å². The number of hydrogen-bond acceptors (Lipinski definition) is 4. The fourth-order valence-corrected chi connectivity index (χ4v) is 4.19. The van der Waals surface area contributed by atoms with Gasteiger partial charge in [0.15, 0.2) is 0 Å². The van der Waals surface area contributed by atoms with Gasteiger partial charge in [-0.3, -0.25) is 9.59 Å². The van der Waals surface area contributed by atoms with Crippen LogP contribution in [0.2, 0.25) is 0 Å². The zero-order valence-electron chi connectivity index (χ0n) is 16.5. The fourth-order valence-electron chi connectivity index (χ4n) is 4.19. The summed E-state index contributed by atoms with van der Waals surface area (Å²) in [5.41, 5.74) is 2.74. The Bertz CT molecular complexity index is 848. The third kappa shape index (κ3) is 3.76. The Hall–Kier alpha value is -2.41. The molecule has 0 aliphatic carbocycles. The van der Waals surface area contributed by atoms with Crippen LogP contribution in [0.1, 0.15) is 54.4 Å². The van der Waals surface area contributed by atoms with Gasteiger partial charge in [-0.05, 0) is 42.9 Å². The summed E-state index contributed by atoms with van der Waals surface area (Å²) in [7, 11) is 0. The van der Waals surface area contributed by atoms with E-state index in [9.17, 15) is 9.59 Å². The van der Waals surface area contributed by atoms with Crippen molar-refractivity contribution in [3.05, 3.63) is 35.7 Å². The highest BCUT2D eigenvalue weighted by atomic mass is 16.5. The Morgan fingerprint density at radius 3 is 2.61 bits per heavy atom. The van der Waals surface area contributed by atoms with Gasteiger partial charge in [-0.2, -0.15) is 5.10 Å². The van der Waals surface area contributed by atoms with Crippen molar-refractivity contribution in [1.82, 2.24) is 19.4 Å². The van der Waals surface area contributed by atoms with Crippen molar-refractivity contribution in [2.75, 3.05) is 39.4 Å². The minimum atomic E-state index is 0.0235. The van der Waals surface area contributed by atoms with Gasteiger partial charge in [0.2, 0.25) is 5.91 Å². The molecule has 150 valence electrons. The summed E-state index contributed by atoms with van der Waals surface area (Å²) >= 11 is 0. The van der Waals surface area contributed by atoms with Crippen LogP contribution in [-0.4, -0.2) is 70.6 Å². The number of rotatable bonds is 4. The lowest BCUT2D eigenvalue weighted by Gasteiger charge is -2.32. The molecule has 0 spiro atoms. The van der Waals surface area contributed by atoms with Gasteiger partial charge in [0, 0.05) is 38.8 Å². The molecule has 2 aliphatic heterocycles. The molecule has 28 heavy (non-hydrogen) atoms. The Morgan fingerprint density at radius 2 is 1.89 bits per heavy atom. The quantitative estimate of drug-likeness (QED) is 0.811. The Morgan fingerprint density at radius 1 is 1.14 bits per heavy atom. The van der Waals surface area contributed by atoms with Gasteiger partial charge in [-0.15, -0.1) is 0 Å². The molecule has 2 aromatic heterocycles. The molecule has 2 fully saturated rings. The van der Waals surface area contributed by atoms with Crippen LogP contribution < -0.4 is 0 Å². The highest BCUT2D eigenvalue weighted by Gasteiger charge is 2.25. The maximum atomic E-state index is 12.9. The van der Waals surface area contributed by atoms with Crippen LogP contribution in [0.25, 0.3) is 5.52 Å². The minimum absolute atomic E-state index is 0.0235. The van der Waals surface area contributed by atoms with E-state index in [2.05, 4.69) is 17.2 Å². The lowest BCUT2D eigenvalue weighted by Crippen LogP contribution is -2.40. The number of carbonyl (C=O) groups excluding carboxylic acids is 2. The van der Waals surface area contributed by atoms with Crippen molar-refractivity contribution in [2.45, 2.75) is 38.5 Å². The molecule has 0 radical (unpaired) electrons. The van der Waals surface area contributed by atoms with Crippen LogP contribution in [-0.2, 0) is 9.53 Å². The van der Waals surface area contributed by atoms with Crippen LogP contribution in [0, 0.1) is 0 Å². The molecule has 0 atom stereocenters. The number of ether oxygens (including phenoxy) is 1. The van der Waals surface area contributed by atoms with E-state index in [4.69, 9.17) is 4.74 Å². The van der Waals surface area contributed by atoms with Gasteiger partial charge >= 0.3 is 0 Å². The first-order valence-corrected chi connectivity index (χ1v) is 10.3. The summed E-state index contributed by atoms with van der Waals surface area (Å²) in [6.45, 7) is 6.10. The average Bonchev–Trinajstić information content (AvgIpc) is 3.17. The smallest absolute Gasteiger partial charge is 0.257 e. The number of carbonyl (C=O) groups is 2. The molecule has 2 aliphatic rings. The third-order valence-corrected chi connectivity index (χ3v) is 5.86. The number of nitrogens with zero attached hydrogens (tertiary/aromatic N) is 4. The average molecular weight is 384 g/mol. The highest BCUT2D eigenvalue weighted by Crippen LogP contribution is 2.30. The standard InChI is InChI=1S/C21H28N4O3/c1-2-3-20(26)23-7-4-16(5-8-23)17-6-9-25-19(14-17)18(15-22-25)21(27)24-10-12-28-13-11-24/h6,9,14-16H,2-5,7-8,10-13H2,1H3. The van der Waals surface area contributed by atoms with E-state index >= 15 is 0 Å². The minimum Gasteiger partial charge on any atom is -0.378 e. The van der Waals surface area contributed by atoms with E-state index in [1.165, 1.54) is 5.56 Å². The first-order valence-electron chi connectivity index (χ1n) is 10.3. The number of aromatic nitrogens is 2. The first kappa shape index (κ1) is 18.9. The molecule has 4 heterocycles. The SMILES string of the molecule is CCCC(=O)N1CCC(c2ccn3ncc(C(=O)N4CCOCC4)c3c2)CC1. The summed E-state index contributed by atoms with van der Waals surface area (Å²) in [5, 5.41) is 4.36. The molecule has 0 bridgehead atoms. The lowest BCUT2D eigenvalue weighted by molar-refractivity contribution is -0.132. The van der Waals surface area contributed by atoms with Crippen molar-refractivity contribution in [1.29, 1.82) is 0 Å². The van der Waals surface area contributed by atoms with Crippen molar-refractivity contribution in [3.63, 3.8) is 0 Å². The number of morpholine rings is 1. The molecule has 0 N–H and O–H groups in total. The third-order valence-electron chi connectivity index (χ3n) is 5.86. The van der Waals surface area contributed by atoms with Gasteiger partial charge in [0.1, 0.15) is 0 Å². The van der Waals surface area contributed by atoms with Crippen LogP contribution in [0.15, 0.2) is 24.5 Å². The van der Waals surface area contributed by atoms with Crippen LogP contribution in [0.5, 0.6) is 0 Å². The number of hydrogen-bond donors (Lipinski definition) is 0. The second-order valence-corrected chi connectivity index (χ2v) is 7.66. The number of likely N-dealkylation sites (tertiary alicyclic amines) is 1. The topological polar surface area (TPSA) is 67.2 Å². The van der Waals surface area contributed by atoms with E-state index < -0.39 is 0 Å². The van der Waals surface area contributed by atoms with Gasteiger partial charge in [0.25, 0.3) is 5.91 Å². The maximum absolute atomic E-state index is 12.9. The number of pyridine rings is 1. The van der Waals surface area contributed by atoms with Crippen molar-refractivity contribution < 1.29 is 14.3 Å². The molecule has 2 aromatic rings. The summed E-state index contributed by atoms with van der Waals surface area (Å²) in [6.07, 6.45) is 7.08. The Kier molecular flexibility index (Phi) is 5.62. The zero-order chi connectivity index (χ0) is 19.5. The Labute approximate surface area is 165 Å². The molecule has 0 unspecified atom stereocenters. The van der Waals surface area contributed by atoms with Crippen LogP contribution in [0.4, 0.5) is 0 Å². The molecule has 0 aromatic carbocycles. The Balaban J connectivity index is 1.50. The van der Waals surface area contributed by atoms with Crippen LogP contribution >= 0.6 is 0 Å². The summed E-state index contributed by atoms with van der Waals surface area (Å²) in [6, 6.07) is 4.20. The normalized spacial score (nSPS) is 18.6. The van der Waals surface area contributed by atoms with Crippen molar-refractivity contribution in [3.8, 4) is 0 Å². The van der Waals surface area contributed by atoms with Crippen molar-refractivity contribution in [2.24, 2.45) is 0 Å². The van der Waals surface area contributed by atoms with Gasteiger partial charge in [-0.1, -0.05) is 6.92 Å². The molecular weight excluding hydrogens is 356 g/mol. The van der Waals surface area contributed by atoms with Gasteiger partial charge < -0.3 is 14.5 Å². The number of piperidine rings is 1. The molecule has 0 saturated carbocycles. The first-order chi connectivity index (χ1) is 13.7. The molecular formula is C21H28N4O3. The predicted octanol–water partition coefficient (Wildman–Crippen LogP) is 2.31. The van der Waals surface area contributed by atoms with E-state index in [0.29, 0.717) is 44.2 Å². The van der Waals surface area contributed by atoms with E-state index in [1.54, 1.807) is 10.7 Å². The number of fused-ring (bicyclic) bond motifs is 1. The second-order valence-electron chi connectivity index (χ2n) is 7.66. The molecule has 7 heteroatoms. The lowest BCUT2D eigenvalue weighted by atomic mass is 9.89. The molecule has 7 nitrogen and oxygen atoms in total. The highest BCUT2D eigenvalue weighted by molar-refractivity contribution is 6.00. The van der Waals surface area contributed by atoms with Gasteiger partial charge in [0.05, 0.1) is 30.5 Å². The van der Waals surface area contributed by atoms with Crippen molar-refractivity contribution >= 4 is 17.3 Å². The second kappa shape index (κ2) is 8.31. The summed E-state index contributed by atoms with van der Waals surface area (Å²) < 4.78 is 7.13.